The van der Waals surface area contributed by atoms with Gasteiger partial charge in [0.25, 0.3) is 0 Å². The van der Waals surface area contributed by atoms with Crippen molar-refractivity contribution in [3.8, 4) is 0 Å². The number of hydrogen-bond donors (Lipinski definition) is 1. The van der Waals surface area contributed by atoms with Crippen molar-refractivity contribution in [1.29, 1.82) is 0 Å². The molecule has 0 radical (unpaired) electrons. The lowest BCUT2D eigenvalue weighted by Gasteiger charge is -2.41. The van der Waals surface area contributed by atoms with Gasteiger partial charge in [0.1, 0.15) is 0 Å². The summed E-state index contributed by atoms with van der Waals surface area (Å²) in [7, 11) is 0. The molecule has 2 nitrogen and oxygen atoms in total. The van der Waals surface area contributed by atoms with E-state index in [4.69, 9.17) is 23.2 Å². The van der Waals surface area contributed by atoms with E-state index in [2.05, 4.69) is 37.9 Å². The van der Waals surface area contributed by atoms with Gasteiger partial charge in [0.05, 0.1) is 0 Å². The van der Waals surface area contributed by atoms with Gasteiger partial charge in [-0.3, -0.25) is 4.90 Å². The number of rotatable bonds is 3. The molecule has 1 atom stereocenters. The van der Waals surface area contributed by atoms with Crippen LogP contribution in [0.4, 0.5) is 0 Å². The van der Waals surface area contributed by atoms with Gasteiger partial charge in [-0.15, -0.1) is 0 Å². The highest BCUT2D eigenvalue weighted by Gasteiger charge is 2.27. The lowest BCUT2D eigenvalue weighted by atomic mass is 9.97. The number of likely N-dealkylation sites (tertiary alicyclic amines) is 1. The number of nitrogens with one attached hydrogen (secondary N) is 1. The molecule has 1 aliphatic heterocycles. The lowest BCUT2D eigenvalue weighted by Crippen LogP contribution is -2.50. The number of benzene rings is 1. The first kappa shape index (κ1) is 17.1. The van der Waals surface area contributed by atoms with Crippen LogP contribution in [0.2, 0.25) is 10.0 Å². The standard InChI is InChI=1S/C17H26Cl2N2/c1-12(15-6-5-13(18)11-16(15)19)20-14-7-9-21(10-8-14)17(2,3)4/h5-6,11-12,14,20H,7-10H2,1-4H3. The van der Waals surface area contributed by atoms with E-state index >= 15 is 0 Å². The number of halogens is 2. The zero-order chi connectivity index (χ0) is 15.6. The summed E-state index contributed by atoms with van der Waals surface area (Å²) in [5.41, 5.74) is 1.40. The number of nitrogens with zero attached hydrogens (tertiary/aromatic N) is 1. The molecule has 2 rings (SSSR count). The van der Waals surface area contributed by atoms with Crippen LogP contribution in [0.1, 0.15) is 52.1 Å². The Labute approximate surface area is 138 Å². The van der Waals surface area contributed by atoms with Gasteiger partial charge in [0, 0.05) is 40.8 Å². The predicted molar refractivity (Wildman–Crippen MR) is 92.4 cm³/mol. The molecule has 1 fully saturated rings. The van der Waals surface area contributed by atoms with Crippen molar-refractivity contribution in [3.63, 3.8) is 0 Å². The first-order valence-corrected chi connectivity index (χ1v) is 8.49. The third-order valence-electron chi connectivity index (χ3n) is 4.36. The number of piperidine rings is 1. The van der Waals surface area contributed by atoms with E-state index in [1.165, 1.54) is 12.8 Å². The molecule has 1 heterocycles. The monoisotopic (exact) mass is 328 g/mol. The molecule has 0 aliphatic carbocycles. The minimum Gasteiger partial charge on any atom is -0.307 e. The predicted octanol–water partition coefficient (Wildman–Crippen LogP) is 4.91. The van der Waals surface area contributed by atoms with Gasteiger partial charge in [0.2, 0.25) is 0 Å². The molecule has 1 unspecified atom stereocenters. The fraction of sp³-hybridized carbons (Fsp3) is 0.647. The van der Waals surface area contributed by atoms with E-state index in [-0.39, 0.29) is 11.6 Å². The van der Waals surface area contributed by atoms with Crippen molar-refractivity contribution >= 4 is 23.2 Å². The highest BCUT2D eigenvalue weighted by molar-refractivity contribution is 6.35. The Morgan fingerprint density at radius 1 is 1.19 bits per heavy atom. The highest BCUT2D eigenvalue weighted by atomic mass is 35.5. The molecule has 1 saturated heterocycles. The van der Waals surface area contributed by atoms with Gasteiger partial charge in [-0.1, -0.05) is 29.3 Å². The zero-order valence-corrected chi connectivity index (χ0v) is 14.9. The molecule has 0 spiro atoms. The van der Waals surface area contributed by atoms with Crippen LogP contribution in [0.3, 0.4) is 0 Å². The van der Waals surface area contributed by atoms with Gasteiger partial charge in [-0.05, 0) is 58.2 Å². The summed E-state index contributed by atoms with van der Waals surface area (Å²) in [4.78, 5) is 2.56. The fourth-order valence-corrected chi connectivity index (χ4v) is 3.59. The highest BCUT2D eigenvalue weighted by Crippen LogP contribution is 2.28. The Bertz CT molecular complexity index is 474. The molecule has 1 aliphatic rings. The Morgan fingerprint density at radius 3 is 2.33 bits per heavy atom. The van der Waals surface area contributed by atoms with Crippen LogP contribution in [0.15, 0.2) is 18.2 Å². The van der Waals surface area contributed by atoms with Crippen LogP contribution < -0.4 is 5.32 Å². The van der Waals surface area contributed by atoms with E-state index in [0.29, 0.717) is 11.1 Å². The second-order valence-corrected chi connectivity index (χ2v) is 7.83. The van der Waals surface area contributed by atoms with Crippen LogP contribution in [-0.2, 0) is 0 Å². The van der Waals surface area contributed by atoms with E-state index in [0.717, 1.165) is 23.7 Å². The Morgan fingerprint density at radius 2 is 1.81 bits per heavy atom. The SMILES string of the molecule is CC(NC1CCN(C(C)(C)C)CC1)c1ccc(Cl)cc1Cl. The molecule has 0 saturated carbocycles. The molecule has 4 heteroatoms. The summed E-state index contributed by atoms with van der Waals surface area (Å²) in [6, 6.07) is 6.56. The maximum Gasteiger partial charge on any atom is 0.0468 e. The second-order valence-electron chi connectivity index (χ2n) is 6.99. The van der Waals surface area contributed by atoms with Crippen molar-refractivity contribution in [2.45, 2.75) is 58.2 Å². The molecular weight excluding hydrogens is 303 g/mol. The van der Waals surface area contributed by atoms with E-state index in [1.54, 1.807) is 0 Å². The first-order valence-electron chi connectivity index (χ1n) is 7.73. The van der Waals surface area contributed by atoms with Gasteiger partial charge in [-0.2, -0.15) is 0 Å². The molecule has 0 aromatic heterocycles. The summed E-state index contributed by atoms with van der Waals surface area (Å²) < 4.78 is 0. The van der Waals surface area contributed by atoms with Crippen LogP contribution in [-0.4, -0.2) is 29.6 Å². The largest absolute Gasteiger partial charge is 0.307 e. The topological polar surface area (TPSA) is 15.3 Å². The molecular formula is C17H26Cl2N2. The van der Waals surface area contributed by atoms with Gasteiger partial charge in [-0.25, -0.2) is 0 Å². The lowest BCUT2D eigenvalue weighted by molar-refractivity contribution is 0.0942. The average Bonchev–Trinajstić information content (AvgIpc) is 2.38. The Balaban J connectivity index is 1.91. The van der Waals surface area contributed by atoms with Crippen LogP contribution in [0.25, 0.3) is 0 Å². The smallest absolute Gasteiger partial charge is 0.0468 e. The molecule has 1 aromatic rings. The second kappa shape index (κ2) is 6.87. The summed E-state index contributed by atoms with van der Waals surface area (Å²) in [5.74, 6) is 0. The third-order valence-corrected chi connectivity index (χ3v) is 4.92. The van der Waals surface area contributed by atoms with Crippen LogP contribution >= 0.6 is 23.2 Å². The van der Waals surface area contributed by atoms with E-state index in [1.807, 2.05) is 18.2 Å². The minimum atomic E-state index is 0.251. The van der Waals surface area contributed by atoms with Crippen molar-refractivity contribution in [2.24, 2.45) is 0 Å². The molecule has 0 bridgehead atoms. The van der Waals surface area contributed by atoms with Gasteiger partial charge >= 0.3 is 0 Å². The summed E-state index contributed by atoms with van der Waals surface area (Å²) in [6.45, 7) is 11.3. The Kier molecular flexibility index (Phi) is 5.59. The van der Waals surface area contributed by atoms with E-state index in [9.17, 15) is 0 Å². The molecule has 1 aromatic carbocycles. The minimum absolute atomic E-state index is 0.251. The molecule has 1 N–H and O–H groups in total. The molecule has 118 valence electrons. The normalized spacial score (nSPS) is 19.7. The first-order chi connectivity index (χ1) is 9.77. The maximum absolute atomic E-state index is 6.29. The Hall–Kier alpha value is -0.280. The third kappa shape index (κ3) is 4.59. The quantitative estimate of drug-likeness (QED) is 0.848. The van der Waals surface area contributed by atoms with Crippen molar-refractivity contribution in [3.05, 3.63) is 33.8 Å². The number of hydrogen-bond acceptors (Lipinski definition) is 2. The maximum atomic E-state index is 6.29. The van der Waals surface area contributed by atoms with E-state index < -0.39 is 0 Å². The van der Waals surface area contributed by atoms with Gasteiger partial charge in [0.15, 0.2) is 0 Å². The zero-order valence-electron chi connectivity index (χ0n) is 13.4. The summed E-state index contributed by atoms with van der Waals surface area (Å²) in [5, 5.41) is 5.15. The van der Waals surface area contributed by atoms with Crippen molar-refractivity contribution < 1.29 is 0 Å². The molecule has 21 heavy (non-hydrogen) atoms. The molecule has 0 amide bonds. The summed E-state index contributed by atoms with van der Waals surface area (Å²) in [6.07, 6.45) is 2.37. The van der Waals surface area contributed by atoms with Gasteiger partial charge < -0.3 is 5.32 Å². The summed E-state index contributed by atoms with van der Waals surface area (Å²) >= 11 is 12.3. The van der Waals surface area contributed by atoms with Crippen LogP contribution in [0, 0.1) is 0 Å². The average molecular weight is 329 g/mol. The van der Waals surface area contributed by atoms with Crippen molar-refractivity contribution in [1.82, 2.24) is 10.2 Å². The van der Waals surface area contributed by atoms with Crippen LogP contribution in [0.5, 0.6) is 0 Å². The fourth-order valence-electron chi connectivity index (χ4n) is 3.01. The van der Waals surface area contributed by atoms with Crippen molar-refractivity contribution in [2.75, 3.05) is 13.1 Å².